The molecule has 0 saturated heterocycles. The Labute approximate surface area is 167 Å². The highest BCUT2D eigenvalue weighted by molar-refractivity contribution is 7.98. The third kappa shape index (κ3) is 4.86. The summed E-state index contributed by atoms with van der Waals surface area (Å²) in [5.74, 6) is 1.41. The van der Waals surface area contributed by atoms with Crippen molar-refractivity contribution in [3.8, 4) is 11.5 Å². The second-order valence-corrected chi connectivity index (χ2v) is 7.87. The lowest BCUT2D eigenvalue weighted by Crippen LogP contribution is -2.28. The molecule has 1 aromatic heterocycles. The highest BCUT2D eigenvalue weighted by atomic mass is 32.2. The summed E-state index contributed by atoms with van der Waals surface area (Å²) in [6.45, 7) is 5.59. The SMILES string of the molecule is CSc1cc(Oc2ccnc3c2NCC(=O)N3)ccc1NC(=O)OC(C)(C)C. The summed E-state index contributed by atoms with van der Waals surface area (Å²) in [5, 5.41) is 8.47. The minimum Gasteiger partial charge on any atom is -0.455 e. The second-order valence-electron chi connectivity index (χ2n) is 7.03. The fourth-order valence-electron chi connectivity index (χ4n) is 2.52. The molecule has 28 heavy (non-hydrogen) atoms. The Hall–Kier alpha value is -2.94. The van der Waals surface area contributed by atoms with Crippen LogP contribution in [0.3, 0.4) is 0 Å². The monoisotopic (exact) mass is 402 g/mol. The van der Waals surface area contributed by atoms with E-state index in [0.717, 1.165) is 4.90 Å². The fraction of sp³-hybridized carbons (Fsp3) is 0.316. The molecule has 1 aromatic carbocycles. The molecular formula is C19H22N4O4S. The Morgan fingerprint density at radius 3 is 2.79 bits per heavy atom. The van der Waals surface area contributed by atoms with Gasteiger partial charge in [-0.2, -0.15) is 0 Å². The van der Waals surface area contributed by atoms with E-state index in [1.165, 1.54) is 11.8 Å². The highest BCUT2D eigenvalue weighted by Gasteiger charge is 2.20. The van der Waals surface area contributed by atoms with Gasteiger partial charge in [0.05, 0.1) is 12.2 Å². The Kier molecular flexibility index (Phi) is 5.64. The molecule has 2 heterocycles. The number of anilines is 3. The van der Waals surface area contributed by atoms with Crippen LogP contribution in [0.25, 0.3) is 0 Å². The van der Waals surface area contributed by atoms with E-state index in [4.69, 9.17) is 9.47 Å². The molecule has 0 spiro atoms. The molecule has 9 heteroatoms. The van der Waals surface area contributed by atoms with Crippen molar-refractivity contribution in [1.29, 1.82) is 0 Å². The Bertz CT molecular complexity index is 911. The second kappa shape index (κ2) is 7.97. The van der Waals surface area contributed by atoms with Crippen molar-refractivity contribution in [2.45, 2.75) is 31.3 Å². The third-order valence-electron chi connectivity index (χ3n) is 3.63. The van der Waals surface area contributed by atoms with E-state index in [2.05, 4.69) is 20.9 Å². The van der Waals surface area contributed by atoms with E-state index in [-0.39, 0.29) is 12.5 Å². The van der Waals surface area contributed by atoms with Crippen LogP contribution in [-0.4, -0.2) is 35.4 Å². The fourth-order valence-corrected chi connectivity index (χ4v) is 3.09. The number of hydrogen-bond donors (Lipinski definition) is 3. The maximum absolute atomic E-state index is 12.0. The molecule has 1 aliphatic rings. The van der Waals surface area contributed by atoms with Crippen molar-refractivity contribution in [3.63, 3.8) is 0 Å². The summed E-state index contributed by atoms with van der Waals surface area (Å²) in [6, 6.07) is 7.05. The Morgan fingerprint density at radius 2 is 2.07 bits per heavy atom. The van der Waals surface area contributed by atoms with Crippen molar-refractivity contribution < 1.29 is 19.1 Å². The summed E-state index contributed by atoms with van der Waals surface area (Å²) in [5.41, 5.74) is 0.690. The van der Waals surface area contributed by atoms with E-state index >= 15 is 0 Å². The van der Waals surface area contributed by atoms with Crippen LogP contribution in [0.15, 0.2) is 35.4 Å². The van der Waals surface area contributed by atoms with Crippen LogP contribution in [0.5, 0.6) is 11.5 Å². The number of hydrogen-bond acceptors (Lipinski definition) is 7. The predicted octanol–water partition coefficient (Wildman–Crippen LogP) is 4.31. The smallest absolute Gasteiger partial charge is 0.412 e. The van der Waals surface area contributed by atoms with Crippen molar-refractivity contribution in [2.75, 3.05) is 28.8 Å². The van der Waals surface area contributed by atoms with Gasteiger partial charge in [-0.05, 0) is 45.2 Å². The number of carbonyl (C=O) groups excluding carboxylic acids is 2. The van der Waals surface area contributed by atoms with Crippen molar-refractivity contribution in [2.24, 2.45) is 0 Å². The van der Waals surface area contributed by atoms with E-state index in [1.807, 2.05) is 33.1 Å². The predicted molar refractivity (Wildman–Crippen MR) is 110 cm³/mol. The number of fused-ring (bicyclic) bond motifs is 1. The summed E-state index contributed by atoms with van der Waals surface area (Å²) in [4.78, 5) is 28.5. The van der Waals surface area contributed by atoms with Crippen molar-refractivity contribution in [3.05, 3.63) is 30.5 Å². The van der Waals surface area contributed by atoms with Gasteiger partial charge in [0, 0.05) is 17.2 Å². The number of nitrogens with one attached hydrogen (secondary N) is 3. The number of amides is 2. The van der Waals surface area contributed by atoms with Gasteiger partial charge >= 0.3 is 6.09 Å². The average molecular weight is 402 g/mol. The van der Waals surface area contributed by atoms with Crippen LogP contribution >= 0.6 is 11.8 Å². The van der Waals surface area contributed by atoms with Gasteiger partial charge in [-0.3, -0.25) is 10.1 Å². The molecule has 2 amide bonds. The lowest BCUT2D eigenvalue weighted by Gasteiger charge is -2.21. The molecule has 148 valence electrons. The van der Waals surface area contributed by atoms with E-state index in [9.17, 15) is 9.59 Å². The van der Waals surface area contributed by atoms with Gasteiger partial charge in [0.15, 0.2) is 11.6 Å². The van der Waals surface area contributed by atoms with Crippen LogP contribution in [0.1, 0.15) is 20.8 Å². The number of nitrogens with zero attached hydrogens (tertiary/aromatic N) is 1. The largest absolute Gasteiger partial charge is 0.455 e. The summed E-state index contributed by atoms with van der Waals surface area (Å²) in [6.07, 6.45) is 2.96. The number of benzene rings is 1. The van der Waals surface area contributed by atoms with Gasteiger partial charge in [0.1, 0.15) is 17.0 Å². The zero-order valence-corrected chi connectivity index (χ0v) is 16.9. The topological polar surface area (TPSA) is 102 Å². The molecule has 0 saturated carbocycles. The van der Waals surface area contributed by atoms with Crippen LogP contribution in [0.4, 0.5) is 22.0 Å². The zero-order valence-electron chi connectivity index (χ0n) is 16.1. The summed E-state index contributed by atoms with van der Waals surface area (Å²) in [7, 11) is 0. The van der Waals surface area contributed by atoms with Gasteiger partial charge in [-0.1, -0.05) is 0 Å². The van der Waals surface area contributed by atoms with Crippen molar-refractivity contribution in [1.82, 2.24) is 4.98 Å². The number of aromatic nitrogens is 1. The first-order valence-electron chi connectivity index (χ1n) is 8.64. The van der Waals surface area contributed by atoms with Gasteiger partial charge in [0.2, 0.25) is 5.91 Å². The van der Waals surface area contributed by atoms with Gasteiger partial charge in [-0.15, -0.1) is 11.8 Å². The Balaban J connectivity index is 1.79. The van der Waals surface area contributed by atoms with Crippen molar-refractivity contribution >= 4 is 41.0 Å². The number of thioether (sulfide) groups is 1. The quantitative estimate of drug-likeness (QED) is 0.655. The van der Waals surface area contributed by atoms with E-state index in [1.54, 1.807) is 24.4 Å². The van der Waals surface area contributed by atoms with Gasteiger partial charge in [0.25, 0.3) is 0 Å². The summed E-state index contributed by atoms with van der Waals surface area (Å²) >= 11 is 1.47. The minimum atomic E-state index is -0.574. The highest BCUT2D eigenvalue weighted by Crippen LogP contribution is 2.37. The maximum atomic E-state index is 12.0. The summed E-state index contributed by atoms with van der Waals surface area (Å²) < 4.78 is 11.3. The first kappa shape index (κ1) is 19.8. The lowest BCUT2D eigenvalue weighted by molar-refractivity contribution is -0.114. The molecular weight excluding hydrogens is 380 g/mol. The van der Waals surface area contributed by atoms with E-state index in [0.29, 0.717) is 28.7 Å². The van der Waals surface area contributed by atoms with Gasteiger partial charge in [-0.25, -0.2) is 9.78 Å². The molecule has 8 nitrogen and oxygen atoms in total. The number of ether oxygens (including phenoxy) is 2. The van der Waals surface area contributed by atoms with Crippen LogP contribution in [0, 0.1) is 0 Å². The molecule has 0 aliphatic carbocycles. The van der Waals surface area contributed by atoms with Crippen LogP contribution < -0.4 is 20.7 Å². The molecule has 0 fully saturated rings. The molecule has 3 rings (SSSR count). The molecule has 1 aliphatic heterocycles. The standard InChI is InChI=1S/C19H22N4O4S/c1-19(2,3)27-18(25)22-12-6-5-11(9-14(12)28-4)26-13-7-8-20-17-16(13)21-10-15(24)23-17/h5-9,21H,10H2,1-4H3,(H,22,25)(H,20,23,24). The zero-order chi connectivity index (χ0) is 20.3. The molecule has 3 N–H and O–H groups in total. The van der Waals surface area contributed by atoms with Gasteiger partial charge < -0.3 is 20.1 Å². The molecule has 0 atom stereocenters. The molecule has 0 bridgehead atoms. The maximum Gasteiger partial charge on any atom is 0.412 e. The third-order valence-corrected chi connectivity index (χ3v) is 4.41. The molecule has 0 radical (unpaired) electrons. The molecule has 0 unspecified atom stereocenters. The van der Waals surface area contributed by atoms with E-state index < -0.39 is 11.7 Å². The normalized spacial score (nSPS) is 13.1. The number of pyridine rings is 1. The van der Waals surface area contributed by atoms with Crippen LogP contribution in [-0.2, 0) is 9.53 Å². The minimum absolute atomic E-state index is 0.153. The van der Waals surface area contributed by atoms with Crippen LogP contribution in [0.2, 0.25) is 0 Å². The lowest BCUT2D eigenvalue weighted by atomic mass is 10.2. The average Bonchev–Trinajstić information content (AvgIpc) is 2.61. The first-order valence-corrected chi connectivity index (χ1v) is 9.86. The number of rotatable bonds is 4. The molecule has 2 aromatic rings. The first-order chi connectivity index (χ1) is 13.2. The number of carbonyl (C=O) groups is 2. The Morgan fingerprint density at radius 1 is 1.29 bits per heavy atom.